The van der Waals surface area contributed by atoms with E-state index in [1.54, 1.807) is 7.11 Å². The lowest BCUT2D eigenvalue weighted by Gasteiger charge is -2.12. The third kappa shape index (κ3) is 3.55. The third-order valence-corrected chi connectivity index (χ3v) is 3.72. The van der Waals surface area contributed by atoms with Gasteiger partial charge in [0, 0.05) is 12.0 Å². The Bertz CT molecular complexity index is 640. The van der Waals surface area contributed by atoms with Crippen LogP contribution in [0.1, 0.15) is 25.6 Å². The zero-order chi connectivity index (χ0) is 15.4. The van der Waals surface area contributed by atoms with Crippen LogP contribution in [-0.4, -0.2) is 38.7 Å². The SMILES string of the molecule is COc1cccc(-n2c(SCC(=O)O)nnc2C(C)C)c1. The highest BCUT2D eigenvalue weighted by molar-refractivity contribution is 7.99. The second-order valence-corrected chi connectivity index (χ2v) is 5.66. The van der Waals surface area contributed by atoms with Crippen LogP contribution in [0.4, 0.5) is 0 Å². The number of ether oxygens (including phenoxy) is 1. The van der Waals surface area contributed by atoms with Crippen molar-refractivity contribution < 1.29 is 14.6 Å². The van der Waals surface area contributed by atoms with E-state index in [9.17, 15) is 4.79 Å². The molecule has 2 aromatic rings. The number of rotatable bonds is 6. The predicted octanol–water partition coefficient (Wildman–Crippen LogP) is 2.58. The van der Waals surface area contributed by atoms with Crippen molar-refractivity contribution in [2.45, 2.75) is 24.9 Å². The Morgan fingerprint density at radius 1 is 1.43 bits per heavy atom. The Kier molecular flexibility index (Phi) is 4.85. The van der Waals surface area contributed by atoms with Crippen molar-refractivity contribution in [3.63, 3.8) is 0 Å². The van der Waals surface area contributed by atoms with Gasteiger partial charge in [-0.2, -0.15) is 0 Å². The number of hydrogen-bond acceptors (Lipinski definition) is 5. The molecule has 0 saturated heterocycles. The zero-order valence-corrected chi connectivity index (χ0v) is 12.9. The van der Waals surface area contributed by atoms with Gasteiger partial charge in [-0.1, -0.05) is 31.7 Å². The van der Waals surface area contributed by atoms with Crippen molar-refractivity contribution >= 4 is 17.7 Å². The summed E-state index contributed by atoms with van der Waals surface area (Å²) in [5.41, 5.74) is 0.857. The summed E-state index contributed by atoms with van der Waals surface area (Å²) in [7, 11) is 1.61. The van der Waals surface area contributed by atoms with Crippen LogP contribution in [0, 0.1) is 0 Å². The third-order valence-electron chi connectivity index (χ3n) is 2.81. The summed E-state index contributed by atoms with van der Waals surface area (Å²) in [5, 5.41) is 17.7. The number of aromatic nitrogens is 3. The summed E-state index contributed by atoms with van der Waals surface area (Å²) in [5.74, 6) is 0.746. The molecule has 0 aliphatic rings. The molecule has 0 unspecified atom stereocenters. The second kappa shape index (κ2) is 6.62. The minimum Gasteiger partial charge on any atom is -0.497 e. The summed E-state index contributed by atoms with van der Waals surface area (Å²) < 4.78 is 7.11. The molecule has 0 radical (unpaired) electrons. The molecule has 1 N–H and O–H groups in total. The average molecular weight is 307 g/mol. The fourth-order valence-electron chi connectivity index (χ4n) is 1.87. The number of carboxylic acid groups (broad SMARTS) is 1. The molecule has 0 amide bonds. The number of methoxy groups -OCH3 is 1. The lowest BCUT2D eigenvalue weighted by molar-refractivity contribution is -0.133. The molecule has 0 saturated carbocycles. The van der Waals surface area contributed by atoms with Crippen molar-refractivity contribution in [1.82, 2.24) is 14.8 Å². The molecule has 2 rings (SSSR count). The maximum Gasteiger partial charge on any atom is 0.313 e. The highest BCUT2D eigenvalue weighted by atomic mass is 32.2. The molecule has 21 heavy (non-hydrogen) atoms. The first-order valence-electron chi connectivity index (χ1n) is 6.47. The summed E-state index contributed by atoms with van der Waals surface area (Å²) in [6, 6.07) is 7.53. The van der Waals surface area contributed by atoms with Crippen LogP contribution in [0.2, 0.25) is 0 Å². The molecule has 0 atom stereocenters. The normalized spacial score (nSPS) is 10.9. The van der Waals surface area contributed by atoms with Crippen LogP contribution in [0.3, 0.4) is 0 Å². The van der Waals surface area contributed by atoms with Gasteiger partial charge in [-0.25, -0.2) is 0 Å². The molecular weight excluding hydrogens is 290 g/mol. The van der Waals surface area contributed by atoms with Crippen molar-refractivity contribution in [3.8, 4) is 11.4 Å². The number of benzene rings is 1. The molecule has 0 fully saturated rings. The molecule has 0 spiro atoms. The minimum absolute atomic E-state index is 0.0554. The van der Waals surface area contributed by atoms with E-state index in [2.05, 4.69) is 10.2 Å². The molecule has 1 heterocycles. The molecular formula is C14H17N3O3S. The standard InChI is InChI=1S/C14H17N3O3S/c1-9(2)13-15-16-14(21-8-12(18)19)17(13)10-5-4-6-11(7-10)20-3/h4-7,9H,8H2,1-3H3,(H,18,19). The van der Waals surface area contributed by atoms with Gasteiger partial charge in [0.25, 0.3) is 0 Å². The van der Waals surface area contributed by atoms with Crippen molar-refractivity contribution in [1.29, 1.82) is 0 Å². The minimum atomic E-state index is -0.883. The second-order valence-electron chi connectivity index (χ2n) is 4.71. The van der Waals surface area contributed by atoms with E-state index in [1.165, 1.54) is 0 Å². The van der Waals surface area contributed by atoms with Crippen LogP contribution in [-0.2, 0) is 4.79 Å². The fraction of sp³-hybridized carbons (Fsp3) is 0.357. The maximum atomic E-state index is 10.8. The van der Waals surface area contributed by atoms with Crippen LogP contribution >= 0.6 is 11.8 Å². The van der Waals surface area contributed by atoms with Crippen LogP contribution in [0.5, 0.6) is 5.75 Å². The van der Waals surface area contributed by atoms with E-state index in [1.807, 2.05) is 42.7 Å². The van der Waals surface area contributed by atoms with E-state index in [4.69, 9.17) is 9.84 Å². The van der Waals surface area contributed by atoms with Gasteiger partial charge in [0.05, 0.1) is 18.6 Å². The van der Waals surface area contributed by atoms with Gasteiger partial charge in [0.1, 0.15) is 11.6 Å². The molecule has 0 aliphatic heterocycles. The largest absolute Gasteiger partial charge is 0.497 e. The van der Waals surface area contributed by atoms with E-state index in [0.717, 1.165) is 29.0 Å². The van der Waals surface area contributed by atoms with Gasteiger partial charge >= 0.3 is 5.97 Å². The summed E-state index contributed by atoms with van der Waals surface area (Å²) >= 11 is 1.15. The summed E-state index contributed by atoms with van der Waals surface area (Å²) in [6.45, 7) is 4.04. The average Bonchev–Trinajstić information content (AvgIpc) is 2.89. The smallest absolute Gasteiger partial charge is 0.313 e. The van der Waals surface area contributed by atoms with E-state index in [0.29, 0.717) is 5.16 Å². The first-order chi connectivity index (χ1) is 10.0. The molecule has 1 aromatic carbocycles. The van der Waals surface area contributed by atoms with Crippen LogP contribution in [0.15, 0.2) is 29.4 Å². The highest BCUT2D eigenvalue weighted by Gasteiger charge is 2.18. The van der Waals surface area contributed by atoms with Gasteiger partial charge < -0.3 is 9.84 Å². The number of thioether (sulfide) groups is 1. The van der Waals surface area contributed by atoms with Gasteiger partial charge in [-0.05, 0) is 12.1 Å². The highest BCUT2D eigenvalue weighted by Crippen LogP contribution is 2.27. The molecule has 1 aromatic heterocycles. The topological polar surface area (TPSA) is 77.2 Å². The van der Waals surface area contributed by atoms with Crippen molar-refractivity contribution in [3.05, 3.63) is 30.1 Å². The zero-order valence-electron chi connectivity index (χ0n) is 12.1. The first kappa shape index (κ1) is 15.4. The van der Waals surface area contributed by atoms with Crippen LogP contribution < -0.4 is 4.74 Å². The number of hydrogen-bond donors (Lipinski definition) is 1. The van der Waals surface area contributed by atoms with E-state index < -0.39 is 5.97 Å². The number of aliphatic carboxylic acids is 1. The quantitative estimate of drug-likeness (QED) is 0.827. The lowest BCUT2D eigenvalue weighted by Crippen LogP contribution is -2.06. The van der Waals surface area contributed by atoms with E-state index >= 15 is 0 Å². The monoisotopic (exact) mass is 307 g/mol. The van der Waals surface area contributed by atoms with Gasteiger partial charge in [0.2, 0.25) is 0 Å². The molecule has 0 aliphatic carbocycles. The molecule has 112 valence electrons. The van der Waals surface area contributed by atoms with Gasteiger partial charge in [-0.15, -0.1) is 10.2 Å². The van der Waals surface area contributed by atoms with Gasteiger partial charge in [-0.3, -0.25) is 9.36 Å². The number of carbonyl (C=O) groups is 1. The van der Waals surface area contributed by atoms with Gasteiger partial charge in [0.15, 0.2) is 5.16 Å². The fourth-order valence-corrected chi connectivity index (χ4v) is 2.55. The Morgan fingerprint density at radius 2 is 2.19 bits per heavy atom. The molecule has 0 bridgehead atoms. The Balaban J connectivity index is 2.47. The van der Waals surface area contributed by atoms with Crippen LogP contribution in [0.25, 0.3) is 5.69 Å². The first-order valence-corrected chi connectivity index (χ1v) is 7.45. The lowest BCUT2D eigenvalue weighted by atomic mass is 10.2. The number of carboxylic acids is 1. The Labute approximate surface area is 127 Å². The predicted molar refractivity (Wildman–Crippen MR) is 80.4 cm³/mol. The van der Waals surface area contributed by atoms with Crippen molar-refractivity contribution in [2.75, 3.05) is 12.9 Å². The van der Waals surface area contributed by atoms with E-state index in [-0.39, 0.29) is 11.7 Å². The molecule has 6 nitrogen and oxygen atoms in total. The summed E-state index contributed by atoms with van der Waals surface area (Å²) in [4.78, 5) is 10.8. The number of nitrogens with zero attached hydrogens (tertiary/aromatic N) is 3. The Morgan fingerprint density at radius 3 is 2.81 bits per heavy atom. The Hall–Kier alpha value is -2.02. The van der Waals surface area contributed by atoms with Crippen molar-refractivity contribution in [2.24, 2.45) is 0 Å². The summed E-state index contributed by atoms with van der Waals surface area (Å²) in [6.07, 6.45) is 0. The maximum absolute atomic E-state index is 10.8. The molecule has 7 heteroatoms.